The van der Waals surface area contributed by atoms with E-state index < -0.39 is 0 Å². The Hall–Kier alpha value is -1.55. The van der Waals surface area contributed by atoms with Crippen molar-refractivity contribution in [3.8, 4) is 0 Å². The lowest BCUT2D eigenvalue weighted by molar-refractivity contribution is 0.102. The molecule has 3 rings (SSSR count). The number of nitrogens with one attached hydrogen (secondary N) is 1. The number of hydrogen-bond acceptors (Lipinski definition) is 2. The van der Waals surface area contributed by atoms with E-state index in [1.54, 1.807) is 24.3 Å². The average Bonchev–Trinajstić information content (AvgIpc) is 2.84. The van der Waals surface area contributed by atoms with Crippen molar-refractivity contribution in [1.29, 1.82) is 0 Å². The molecule has 2 nitrogen and oxygen atoms in total. The third-order valence-electron chi connectivity index (χ3n) is 2.88. The van der Waals surface area contributed by atoms with E-state index in [1.165, 1.54) is 11.3 Å². The number of halogens is 2. The first-order valence-corrected chi connectivity index (χ1v) is 7.51. The quantitative estimate of drug-likeness (QED) is 0.667. The summed E-state index contributed by atoms with van der Waals surface area (Å²) in [5.41, 5.74) is 1.34. The highest BCUT2D eigenvalue weighted by Gasteiger charge is 2.12. The summed E-state index contributed by atoms with van der Waals surface area (Å²) in [6.07, 6.45) is 0. The fraction of sp³-hybridized carbons (Fsp3) is 0. The SMILES string of the molecule is O=C(Nc1ccc(Cl)cc1)c1csc2ccc(Cl)cc12. The number of hydrogen-bond donors (Lipinski definition) is 1. The molecule has 0 bridgehead atoms. The number of amides is 1. The Labute approximate surface area is 129 Å². The van der Waals surface area contributed by atoms with Crippen LogP contribution in [0.25, 0.3) is 10.1 Å². The lowest BCUT2D eigenvalue weighted by Crippen LogP contribution is -2.11. The number of rotatable bonds is 2. The molecule has 0 radical (unpaired) electrons. The topological polar surface area (TPSA) is 29.1 Å². The summed E-state index contributed by atoms with van der Waals surface area (Å²) in [5, 5.41) is 6.81. The first kappa shape index (κ1) is 13.4. The highest BCUT2D eigenvalue weighted by molar-refractivity contribution is 7.17. The van der Waals surface area contributed by atoms with Crippen molar-refractivity contribution in [1.82, 2.24) is 0 Å². The largest absolute Gasteiger partial charge is 0.322 e. The highest BCUT2D eigenvalue weighted by atomic mass is 35.5. The van der Waals surface area contributed by atoms with Crippen LogP contribution in [0.5, 0.6) is 0 Å². The molecule has 0 unspecified atom stereocenters. The maximum atomic E-state index is 12.3. The van der Waals surface area contributed by atoms with Crippen molar-refractivity contribution in [2.45, 2.75) is 0 Å². The number of thiophene rings is 1. The molecule has 1 amide bonds. The molecule has 3 aromatic rings. The summed E-state index contributed by atoms with van der Waals surface area (Å²) in [4.78, 5) is 12.3. The summed E-state index contributed by atoms with van der Waals surface area (Å²) in [7, 11) is 0. The van der Waals surface area contributed by atoms with Crippen LogP contribution in [0.4, 0.5) is 5.69 Å². The first-order chi connectivity index (χ1) is 9.63. The van der Waals surface area contributed by atoms with Crippen LogP contribution in [-0.4, -0.2) is 5.91 Å². The Morgan fingerprint density at radius 2 is 1.70 bits per heavy atom. The summed E-state index contributed by atoms with van der Waals surface area (Å²) < 4.78 is 1.04. The zero-order valence-electron chi connectivity index (χ0n) is 10.2. The third kappa shape index (κ3) is 2.66. The second kappa shape index (κ2) is 5.44. The van der Waals surface area contributed by atoms with Crippen molar-refractivity contribution in [2.75, 3.05) is 5.32 Å². The van der Waals surface area contributed by atoms with E-state index in [2.05, 4.69) is 5.32 Å². The molecule has 100 valence electrons. The van der Waals surface area contributed by atoms with Gasteiger partial charge in [0.1, 0.15) is 0 Å². The average molecular weight is 322 g/mol. The van der Waals surface area contributed by atoms with Gasteiger partial charge in [-0.05, 0) is 42.5 Å². The molecule has 0 spiro atoms. The van der Waals surface area contributed by atoms with Crippen molar-refractivity contribution in [2.24, 2.45) is 0 Å². The smallest absolute Gasteiger partial charge is 0.257 e. The van der Waals surface area contributed by atoms with Gasteiger partial charge < -0.3 is 5.32 Å². The van der Waals surface area contributed by atoms with Gasteiger partial charge in [0.15, 0.2) is 0 Å². The fourth-order valence-electron chi connectivity index (χ4n) is 1.91. The standard InChI is InChI=1S/C15H9Cl2NOS/c16-9-1-4-11(5-2-9)18-15(19)13-8-20-14-6-3-10(17)7-12(13)14/h1-8H,(H,18,19). The van der Waals surface area contributed by atoms with Crippen LogP contribution in [0.1, 0.15) is 10.4 Å². The summed E-state index contributed by atoms with van der Waals surface area (Å²) in [6.45, 7) is 0. The molecule has 0 atom stereocenters. The zero-order chi connectivity index (χ0) is 14.1. The molecular weight excluding hydrogens is 313 g/mol. The summed E-state index contributed by atoms with van der Waals surface area (Å²) >= 11 is 13.3. The van der Waals surface area contributed by atoms with Crippen LogP contribution >= 0.6 is 34.5 Å². The minimum Gasteiger partial charge on any atom is -0.322 e. The maximum Gasteiger partial charge on any atom is 0.257 e. The van der Waals surface area contributed by atoms with Crippen LogP contribution in [0, 0.1) is 0 Å². The van der Waals surface area contributed by atoms with Gasteiger partial charge in [0.05, 0.1) is 5.56 Å². The van der Waals surface area contributed by atoms with Crippen LogP contribution in [0.3, 0.4) is 0 Å². The van der Waals surface area contributed by atoms with Gasteiger partial charge in [-0.15, -0.1) is 11.3 Å². The predicted octanol–water partition coefficient (Wildman–Crippen LogP) is 5.46. The molecule has 0 aliphatic rings. The van der Waals surface area contributed by atoms with Gasteiger partial charge in [0.25, 0.3) is 5.91 Å². The molecule has 1 N–H and O–H groups in total. The second-order valence-corrected chi connectivity index (χ2v) is 6.03. The van der Waals surface area contributed by atoms with Gasteiger partial charge in [0, 0.05) is 31.2 Å². The molecule has 0 saturated heterocycles. The van der Waals surface area contributed by atoms with Crippen LogP contribution < -0.4 is 5.32 Å². The van der Waals surface area contributed by atoms with Gasteiger partial charge in [-0.25, -0.2) is 0 Å². The molecule has 0 aliphatic heterocycles. The molecule has 0 fully saturated rings. The fourth-order valence-corrected chi connectivity index (χ4v) is 3.13. The third-order valence-corrected chi connectivity index (χ3v) is 4.33. The van der Waals surface area contributed by atoms with E-state index >= 15 is 0 Å². The Morgan fingerprint density at radius 3 is 2.45 bits per heavy atom. The normalized spacial score (nSPS) is 10.7. The predicted molar refractivity (Wildman–Crippen MR) is 86.2 cm³/mol. The molecule has 1 aromatic heterocycles. The van der Waals surface area contributed by atoms with Crippen molar-refractivity contribution in [3.05, 3.63) is 63.5 Å². The zero-order valence-corrected chi connectivity index (χ0v) is 12.5. The lowest BCUT2D eigenvalue weighted by atomic mass is 10.1. The van der Waals surface area contributed by atoms with Gasteiger partial charge in [0.2, 0.25) is 0 Å². The van der Waals surface area contributed by atoms with Crippen molar-refractivity contribution < 1.29 is 4.79 Å². The van der Waals surface area contributed by atoms with E-state index in [0.717, 1.165) is 10.1 Å². The number of anilines is 1. The first-order valence-electron chi connectivity index (χ1n) is 5.87. The van der Waals surface area contributed by atoms with Crippen molar-refractivity contribution >= 4 is 56.2 Å². The highest BCUT2D eigenvalue weighted by Crippen LogP contribution is 2.29. The maximum absolute atomic E-state index is 12.3. The van der Waals surface area contributed by atoms with Gasteiger partial charge in [-0.3, -0.25) is 4.79 Å². The number of fused-ring (bicyclic) bond motifs is 1. The second-order valence-electron chi connectivity index (χ2n) is 4.25. The van der Waals surface area contributed by atoms with E-state index in [1.807, 2.05) is 23.6 Å². The van der Waals surface area contributed by atoms with Gasteiger partial charge in [-0.1, -0.05) is 23.2 Å². The van der Waals surface area contributed by atoms with E-state index in [9.17, 15) is 4.79 Å². The van der Waals surface area contributed by atoms with Crippen LogP contribution in [0.15, 0.2) is 47.8 Å². The van der Waals surface area contributed by atoms with Crippen LogP contribution in [0.2, 0.25) is 10.0 Å². The Morgan fingerprint density at radius 1 is 1.00 bits per heavy atom. The minimum atomic E-state index is -0.152. The summed E-state index contributed by atoms with van der Waals surface area (Å²) in [6, 6.07) is 12.6. The summed E-state index contributed by atoms with van der Waals surface area (Å²) in [5.74, 6) is -0.152. The van der Waals surface area contributed by atoms with Gasteiger partial charge >= 0.3 is 0 Å². The monoisotopic (exact) mass is 321 g/mol. The van der Waals surface area contributed by atoms with E-state index in [4.69, 9.17) is 23.2 Å². The molecule has 0 saturated carbocycles. The molecule has 1 heterocycles. The Balaban J connectivity index is 1.92. The van der Waals surface area contributed by atoms with Gasteiger partial charge in [-0.2, -0.15) is 0 Å². The van der Waals surface area contributed by atoms with E-state index in [-0.39, 0.29) is 5.91 Å². The molecular formula is C15H9Cl2NOS. The lowest BCUT2D eigenvalue weighted by Gasteiger charge is -2.04. The number of carbonyl (C=O) groups excluding carboxylic acids is 1. The number of benzene rings is 2. The molecule has 20 heavy (non-hydrogen) atoms. The van der Waals surface area contributed by atoms with Crippen molar-refractivity contribution in [3.63, 3.8) is 0 Å². The molecule has 5 heteroatoms. The van der Waals surface area contributed by atoms with Crippen LogP contribution in [-0.2, 0) is 0 Å². The van der Waals surface area contributed by atoms with E-state index in [0.29, 0.717) is 21.3 Å². The molecule has 2 aromatic carbocycles. The Bertz CT molecular complexity index is 780. The molecule has 0 aliphatic carbocycles. The minimum absolute atomic E-state index is 0.152. The number of carbonyl (C=O) groups is 1. The Kier molecular flexibility index (Phi) is 3.66.